The zero-order valence-electron chi connectivity index (χ0n) is 9.93. The summed E-state index contributed by atoms with van der Waals surface area (Å²) in [6, 6.07) is 15.2. The molecule has 0 saturated heterocycles. The third-order valence-electron chi connectivity index (χ3n) is 2.46. The molecule has 0 N–H and O–H groups in total. The van der Waals surface area contributed by atoms with E-state index in [0.29, 0.717) is 0 Å². The standard InChI is InChI=1S/C14H11NO3S/c16-15(17)13-8-6-12(7-9-13)10-11-19(18)14-4-2-1-3-5-14/h1-11H/b11-10+. The normalized spacial score (nSPS) is 12.4. The van der Waals surface area contributed by atoms with E-state index in [-0.39, 0.29) is 5.69 Å². The lowest BCUT2D eigenvalue weighted by molar-refractivity contribution is -0.384. The SMILES string of the molecule is O=[N+]([O-])c1ccc(/C=C/S(=O)c2ccccc2)cc1. The predicted molar refractivity (Wildman–Crippen MR) is 75.0 cm³/mol. The summed E-state index contributed by atoms with van der Waals surface area (Å²) < 4.78 is 11.9. The van der Waals surface area contributed by atoms with Gasteiger partial charge in [-0.2, -0.15) is 0 Å². The van der Waals surface area contributed by atoms with Crippen molar-refractivity contribution < 1.29 is 9.13 Å². The number of nitro groups is 1. The van der Waals surface area contributed by atoms with E-state index < -0.39 is 15.7 Å². The zero-order valence-corrected chi connectivity index (χ0v) is 10.7. The average Bonchev–Trinajstić information content (AvgIpc) is 2.46. The smallest absolute Gasteiger partial charge is 0.258 e. The van der Waals surface area contributed by atoms with Gasteiger partial charge in [0.1, 0.15) is 0 Å². The minimum Gasteiger partial charge on any atom is -0.258 e. The monoisotopic (exact) mass is 273 g/mol. The molecule has 0 aromatic heterocycles. The second kappa shape index (κ2) is 6.06. The van der Waals surface area contributed by atoms with Crippen LogP contribution < -0.4 is 0 Å². The molecule has 1 atom stereocenters. The molecular weight excluding hydrogens is 262 g/mol. The van der Waals surface area contributed by atoms with Crippen LogP contribution >= 0.6 is 0 Å². The Morgan fingerprint density at radius 3 is 2.21 bits per heavy atom. The van der Waals surface area contributed by atoms with Gasteiger partial charge in [-0.25, -0.2) is 4.21 Å². The third kappa shape index (κ3) is 3.59. The minimum absolute atomic E-state index is 0.0429. The summed E-state index contributed by atoms with van der Waals surface area (Å²) in [6.07, 6.45) is 1.69. The summed E-state index contributed by atoms with van der Waals surface area (Å²) in [6.45, 7) is 0. The van der Waals surface area contributed by atoms with Gasteiger partial charge in [0.2, 0.25) is 0 Å². The molecule has 0 bridgehead atoms. The van der Waals surface area contributed by atoms with E-state index in [1.807, 2.05) is 18.2 Å². The van der Waals surface area contributed by atoms with E-state index in [1.165, 1.54) is 12.1 Å². The highest BCUT2D eigenvalue weighted by Crippen LogP contribution is 2.14. The van der Waals surface area contributed by atoms with Gasteiger partial charge in [-0.15, -0.1) is 0 Å². The molecule has 0 saturated carbocycles. The highest BCUT2D eigenvalue weighted by atomic mass is 32.2. The Kier molecular flexibility index (Phi) is 4.20. The molecule has 19 heavy (non-hydrogen) atoms. The fourth-order valence-electron chi connectivity index (χ4n) is 1.48. The molecule has 2 aromatic rings. The second-order valence-electron chi connectivity index (χ2n) is 3.76. The molecule has 2 rings (SSSR count). The van der Waals surface area contributed by atoms with Gasteiger partial charge in [-0.3, -0.25) is 10.1 Å². The third-order valence-corrected chi connectivity index (χ3v) is 3.58. The van der Waals surface area contributed by atoms with Crippen molar-refractivity contribution in [3.8, 4) is 0 Å². The topological polar surface area (TPSA) is 60.2 Å². The van der Waals surface area contributed by atoms with Crippen LogP contribution in [0, 0.1) is 10.1 Å². The van der Waals surface area contributed by atoms with Crippen LogP contribution in [0.4, 0.5) is 5.69 Å². The van der Waals surface area contributed by atoms with Crippen molar-refractivity contribution in [1.29, 1.82) is 0 Å². The summed E-state index contributed by atoms with van der Waals surface area (Å²) in [5.41, 5.74) is 0.816. The van der Waals surface area contributed by atoms with Crippen LogP contribution in [0.3, 0.4) is 0 Å². The molecule has 0 heterocycles. The van der Waals surface area contributed by atoms with Crippen LogP contribution in [0.5, 0.6) is 0 Å². The highest BCUT2D eigenvalue weighted by molar-refractivity contribution is 7.88. The average molecular weight is 273 g/mol. The molecule has 0 aliphatic carbocycles. The van der Waals surface area contributed by atoms with Crippen molar-refractivity contribution in [2.75, 3.05) is 0 Å². The van der Waals surface area contributed by atoms with Crippen molar-refractivity contribution in [3.63, 3.8) is 0 Å². The lowest BCUT2D eigenvalue weighted by Gasteiger charge is -1.96. The van der Waals surface area contributed by atoms with Gasteiger partial charge in [-0.1, -0.05) is 18.2 Å². The van der Waals surface area contributed by atoms with Crippen LogP contribution in [-0.4, -0.2) is 9.13 Å². The molecule has 5 heteroatoms. The van der Waals surface area contributed by atoms with Gasteiger partial charge in [0.05, 0.1) is 15.7 Å². The maximum Gasteiger partial charge on any atom is 0.269 e. The van der Waals surface area contributed by atoms with Crippen molar-refractivity contribution >= 4 is 22.6 Å². The fourth-order valence-corrected chi connectivity index (χ4v) is 2.34. The zero-order chi connectivity index (χ0) is 13.7. The van der Waals surface area contributed by atoms with Gasteiger partial charge in [0.15, 0.2) is 0 Å². The molecule has 2 aromatic carbocycles. The summed E-state index contributed by atoms with van der Waals surface area (Å²) in [7, 11) is -1.21. The molecule has 0 fully saturated rings. The first-order valence-electron chi connectivity index (χ1n) is 5.55. The lowest BCUT2D eigenvalue weighted by atomic mass is 10.2. The van der Waals surface area contributed by atoms with Crippen LogP contribution in [0.2, 0.25) is 0 Å². The van der Waals surface area contributed by atoms with Crippen LogP contribution in [0.25, 0.3) is 6.08 Å². The second-order valence-corrected chi connectivity index (χ2v) is 5.10. The largest absolute Gasteiger partial charge is 0.269 e. The van der Waals surface area contributed by atoms with E-state index in [4.69, 9.17) is 0 Å². The number of hydrogen-bond acceptors (Lipinski definition) is 3. The van der Waals surface area contributed by atoms with Crippen molar-refractivity contribution in [2.45, 2.75) is 4.90 Å². The molecule has 1 unspecified atom stereocenters. The quantitative estimate of drug-likeness (QED) is 0.633. The molecular formula is C14H11NO3S. The number of nitrogens with zero attached hydrogens (tertiary/aromatic N) is 1. The minimum atomic E-state index is -1.21. The molecule has 0 spiro atoms. The first-order valence-corrected chi connectivity index (χ1v) is 6.76. The van der Waals surface area contributed by atoms with Crippen molar-refractivity contribution in [2.24, 2.45) is 0 Å². The van der Waals surface area contributed by atoms with E-state index >= 15 is 0 Å². The van der Waals surface area contributed by atoms with E-state index in [2.05, 4.69) is 0 Å². The molecule has 0 radical (unpaired) electrons. The summed E-state index contributed by atoms with van der Waals surface area (Å²) >= 11 is 0. The molecule has 0 amide bonds. The Morgan fingerprint density at radius 2 is 1.63 bits per heavy atom. The molecule has 96 valence electrons. The summed E-state index contributed by atoms with van der Waals surface area (Å²) in [4.78, 5) is 10.8. The van der Waals surface area contributed by atoms with Crippen LogP contribution in [0.15, 0.2) is 64.9 Å². The van der Waals surface area contributed by atoms with Gasteiger partial charge < -0.3 is 0 Å². The van der Waals surface area contributed by atoms with Crippen molar-refractivity contribution in [1.82, 2.24) is 0 Å². The maximum absolute atomic E-state index is 11.9. The Balaban J connectivity index is 2.10. The van der Waals surface area contributed by atoms with Gasteiger partial charge >= 0.3 is 0 Å². The number of rotatable bonds is 4. The maximum atomic E-state index is 11.9. The number of nitro benzene ring substituents is 1. The Morgan fingerprint density at radius 1 is 1.00 bits per heavy atom. The molecule has 0 aliphatic rings. The summed E-state index contributed by atoms with van der Waals surface area (Å²) in [5, 5.41) is 12.1. The predicted octanol–water partition coefficient (Wildman–Crippen LogP) is 3.37. The highest BCUT2D eigenvalue weighted by Gasteiger charge is 2.02. The van der Waals surface area contributed by atoms with Crippen molar-refractivity contribution in [3.05, 3.63) is 75.7 Å². The lowest BCUT2D eigenvalue weighted by Crippen LogP contribution is -1.87. The van der Waals surface area contributed by atoms with Gasteiger partial charge in [-0.05, 0) is 35.9 Å². The van der Waals surface area contributed by atoms with Gasteiger partial charge in [0, 0.05) is 22.4 Å². The first-order chi connectivity index (χ1) is 9.16. The number of non-ortho nitro benzene ring substituents is 1. The Labute approximate surface area is 113 Å². The van der Waals surface area contributed by atoms with Crippen LogP contribution in [-0.2, 0) is 10.8 Å². The number of benzene rings is 2. The van der Waals surface area contributed by atoms with E-state index in [1.54, 1.807) is 35.7 Å². The number of hydrogen-bond donors (Lipinski definition) is 0. The van der Waals surface area contributed by atoms with E-state index in [9.17, 15) is 14.3 Å². The fraction of sp³-hybridized carbons (Fsp3) is 0. The Hall–Kier alpha value is -2.27. The van der Waals surface area contributed by atoms with E-state index in [0.717, 1.165) is 10.5 Å². The van der Waals surface area contributed by atoms with Crippen LogP contribution in [0.1, 0.15) is 5.56 Å². The Bertz CT molecular complexity index is 621. The summed E-state index contributed by atoms with van der Waals surface area (Å²) in [5.74, 6) is 0. The first kappa shape index (κ1) is 13.2. The molecule has 4 nitrogen and oxygen atoms in total. The van der Waals surface area contributed by atoms with Gasteiger partial charge in [0.25, 0.3) is 5.69 Å². The molecule has 0 aliphatic heterocycles.